The summed E-state index contributed by atoms with van der Waals surface area (Å²) in [7, 11) is -3.75. The molecule has 0 bridgehead atoms. The van der Waals surface area contributed by atoms with E-state index in [-0.39, 0.29) is 21.9 Å². The number of sulfonamides is 1. The van der Waals surface area contributed by atoms with Gasteiger partial charge in [0.2, 0.25) is 15.4 Å². The third-order valence-electron chi connectivity index (χ3n) is 2.82. The van der Waals surface area contributed by atoms with Crippen LogP contribution in [-0.4, -0.2) is 24.5 Å². The van der Waals surface area contributed by atoms with Gasteiger partial charge in [0.05, 0.1) is 0 Å². The number of carbonyl (C=O) groups excluding carboxylic acids is 1. The molecular formula is C13H16N4O3S2. The van der Waals surface area contributed by atoms with Crippen molar-refractivity contribution < 1.29 is 13.2 Å². The highest BCUT2D eigenvalue weighted by atomic mass is 32.2. The highest BCUT2D eigenvalue weighted by Crippen LogP contribution is 2.19. The second-order valence-corrected chi connectivity index (χ2v) is 7.47. The quantitative estimate of drug-likeness (QED) is 0.777. The van der Waals surface area contributed by atoms with Gasteiger partial charge in [-0.15, -0.1) is 10.2 Å². The molecule has 1 aromatic heterocycles. The molecule has 22 heavy (non-hydrogen) atoms. The maximum Gasteiger partial charge on any atom is 0.270 e. The van der Waals surface area contributed by atoms with Crippen molar-refractivity contribution >= 4 is 32.4 Å². The summed E-state index contributed by atoms with van der Waals surface area (Å²) in [6, 6.07) is 7.68. The third kappa shape index (κ3) is 4.33. The van der Waals surface area contributed by atoms with Crippen molar-refractivity contribution in [2.45, 2.75) is 31.2 Å². The van der Waals surface area contributed by atoms with Crippen molar-refractivity contribution in [1.29, 1.82) is 0 Å². The molecule has 0 aliphatic carbocycles. The molecule has 2 aromatic rings. The third-order valence-corrected chi connectivity index (χ3v) is 5.42. The number of aromatic nitrogens is 2. The predicted molar refractivity (Wildman–Crippen MR) is 84.1 cm³/mol. The molecule has 0 saturated heterocycles. The number of nitrogens with zero attached hydrogens (tertiary/aromatic N) is 2. The van der Waals surface area contributed by atoms with E-state index in [9.17, 15) is 13.2 Å². The predicted octanol–water partition coefficient (Wildman–Crippen LogP) is 1.54. The number of amides is 1. The van der Waals surface area contributed by atoms with Crippen molar-refractivity contribution in [3.05, 3.63) is 35.4 Å². The molecule has 0 radical (unpaired) electrons. The van der Waals surface area contributed by atoms with E-state index in [1.807, 2.05) is 24.3 Å². The minimum Gasteiger partial charge on any atom is -0.301 e. The highest BCUT2D eigenvalue weighted by Gasteiger charge is 2.20. The Morgan fingerprint density at radius 3 is 2.41 bits per heavy atom. The Balaban J connectivity index is 2.03. The fourth-order valence-electron chi connectivity index (χ4n) is 1.65. The maximum atomic E-state index is 12.1. The van der Waals surface area contributed by atoms with Crippen LogP contribution in [0.4, 0.5) is 5.13 Å². The zero-order valence-electron chi connectivity index (χ0n) is 12.2. The monoisotopic (exact) mass is 340 g/mol. The summed E-state index contributed by atoms with van der Waals surface area (Å²) in [6.07, 6.45) is 0.933. The molecule has 0 unspecified atom stereocenters. The normalized spacial score (nSPS) is 11.4. The summed E-state index contributed by atoms with van der Waals surface area (Å²) in [5.41, 5.74) is 2.04. The highest BCUT2D eigenvalue weighted by molar-refractivity contribution is 7.91. The van der Waals surface area contributed by atoms with E-state index in [4.69, 9.17) is 0 Å². The molecule has 118 valence electrons. The van der Waals surface area contributed by atoms with Gasteiger partial charge in [-0.05, 0) is 17.5 Å². The second kappa shape index (κ2) is 6.95. The van der Waals surface area contributed by atoms with Gasteiger partial charge in [-0.1, -0.05) is 42.5 Å². The molecule has 0 fully saturated rings. The lowest BCUT2D eigenvalue weighted by molar-refractivity contribution is -0.114. The lowest BCUT2D eigenvalue weighted by Crippen LogP contribution is -2.23. The van der Waals surface area contributed by atoms with Gasteiger partial charge in [-0.2, -0.15) is 0 Å². The average Bonchev–Trinajstić information content (AvgIpc) is 2.94. The van der Waals surface area contributed by atoms with Crippen molar-refractivity contribution in [1.82, 2.24) is 14.9 Å². The number of rotatable bonds is 6. The van der Waals surface area contributed by atoms with Crippen molar-refractivity contribution in [2.24, 2.45) is 0 Å². The van der Waals surface area contributed by atoms with E-state index in [1.54, 1.807) is 0 Å². The molecule has 1 aromatic carbocycles. The maximum absolute atomic E-state index is 12.1. The smallest absolute Gasteiger partial charge is 0.270 e. The van der Waals surface area contributed by atoms with Gasteiger partial charge >= 0.3 is 0 Å². The van der Waals surface area contributed by atoms with Gasteiger partial charge in [-0.3, -0.25) is 4.79 Å². The van der Waals surface area contributed by atoms with Crippen LogP contribution in [0.25, 0.3) is 0 Å². The molecule has 0 aliphatic rings. The molecule has 1 heterocycles. The van der Waals surface area contributed by atoms with Crippen molar-refractivity contribution in [3.63, 3.8) is 0 Å². The summed E-state index contributed by atoms with van der Waals surface area (Å²) in [5.74, 6) is -0.330. The first-order valence-corrected chi connectivity index (χ1v) is 8.89. The Morgan fingerprint density at radius 2 is 1.82 bits per heavy atom. The molecule has 0 saturated carbocycles. The molecule has 7 nitrogen and oxygen atoms in total. The number of hydrogen-bond acceptors (Lipinski definition) is 6. The van der Waals surface area contributed by atoms with Gasteiger partial charge in [0.1, 0.15) is 0 Å². The van der Waals surface area contributed by atoms with E-state index in [2.05, 4.69) is 27.2 Å². The molecule has 2 N–H and O–H groups in total. The minimum absolute atomic E-state index is 0.153. The van der Waals surface area contributed by atoms with Crippen molar-refractivity contribution in [2.75, 3.05) is 5.32 Å². The van der Waals surface area contributed by atoms with E-state index >= 15 is 0 Å². The standard InChI is InChI=1S/C13H16N4O3S2/c1-3-10-4-6-11(7-5-10)8-14-22(19,20)13-17-16-12(21-13)15-9(2)18/h4-7,14H,3,8H2,1-2H3,(H,15,16,18). The Bertz CT molecular complexity index is 754. The van der Waals surface area contributed by atoms with Gasteiger partial charge in [-0.25, -0.2) is 13.1 Å². The summed E-state index contributed by atoms with van der Waals surface area (Å²) in [4.78, 5) is 10.9. The molecule has 0 aliphatic heterocycles. The lowest BCUT2D eigenvalue weighted by Gasteiger charge is -2.04. The van der Waals surface area contributed by atoms with E-state index in [0.717, 1.165) is 23.3 Å². The topological polar surface area (TPSA) is 101 Å². The molecule has 2 rings (SSSR count). The van der Waals surface area contributed by atoms with Crippen LogP contribution in [0.3, 0.4) is 0 Å². The van der Waals surface area contributed by atoms with Crippen LogP contribution in [0.2, 0.25) is 0 Å². The van der Waals surface area contributed by atoms with E-state index < -0.39 is 10.0 Å². The largest absolute Gasteiger partial charge is 0.301 e. The lowest BCUT2D eigenvalue weighted by atomic mass is 10.1. The fourth-order valence-corrected chi connectivity index (χ4v) is 3.66. The molecular weight excluding hydrogens is 324 g/mol. The minimum atomic E-state index is -3.75. The molecule has 9 heteroatoms. The fraction of sp³-hybridized carbons (Fsp3) is 0.308. The van der Waals surface area contributed by atoms with Gasteiger partial charge in [0.25, 0.3) is 10.0 Å². The molecule has 0 atom stereocenters. The molecule has 0 spiro atoms. The van der Waals surface area contributed by atoms with Gasteiger partial charge < -0.3 is 5.32 Å². The number of hydrogen-bond donors (Lipinski definition) is 2. The van der Waals surface area contributed by atoms with Crippen LogP contribution in [0.15, 0.2) is 28.6 Å². The zero-order valence-corrected chi connectivity index (χ0v) is 13.8. The van der Waals surface area contributed by atoms with E-state index in [0.29, 0.717) is 0 Å². The van der Waals surface area contributed by atoms with Crippen LogP contribution in [-0.2, 0) is 27.8 Å². The van der Waals surface area contributed by atoms with Crippen LogP contribution < -0.4 is 10.0 Å². The molecule has 1 amide bonds. The summed E-state index contributed by atoms with van der Waals surface area (Å²) in [6.45, 7) is 3.54. The SMILES string of the molecule is CCc1ccc(CNS(=O)(=O)c2nnc(NC(C)=O)s2)cc1. The number of carbonyl (C=O) groups is 1. The summed E-state index contributed by atoms with van der Waals surface area (Å²) < 4.78 is 26.5. The van der Waals surface area contributed by atoms with Crippen LogP contribution in [0.1, 0.15) is 25.0 Å². The van der Waals surface area contributed by atoms with Gasteiger partial charge in [0, 0.05) is 13.5 Å². The first kappa shape index (κ1) is 16.5. The number of aryl methyl sites for hydroxylation is 1. The number of benzene rings is 1. The second-order valence-electron chi connectivity index (χ2n) is 4.55. The van der Waals surface area contributed by atoms with Crippen LogP contribution in [0, 0.1) is 0 Å². The summed E-state index contributed by atoms with van der Waals surface area (Å²) >= 11 is 0.805. The Labute approximate surface area is 132 Å². The van der Waals surface area contributed by atoms with Crippen LogP contribution >= 0.6 is 11.3 Å². The van der Waals surface area contributed by atoms with Crippen LogP contribution in [0.5, 0.6) is 0 Å². The number of nitrogens with one attached hydrogen (secondary N) is 2. The number of anilines is 1. The van der Waals surface area contributed by atoms with Gasteiger partial charge in [0.15, 0.2) is 0 Å². The first-order chi connectivity index (χ1) is 10.4. The Kier molecular flexibility index (Phi) is 5.22. The first-order valence-electron chi connectivity index (χ1n) is 6.59. The average molecular weight is 340 g/mol. The Hall–Kier alpha value is -1.84. The zero-order chi connectivity index (χ0) is 16.2. The Morgan fingerprint density at radius 1 is 1.18 bits per heavy atom. The summed E-state index contributed by atoms with van der Waals surface area (Å²) in [5, 5.41) is 9.75. The van der Waals surface area contributed by atoms with Crippen molar-refractivity contribution in [3.8, 4) is 0 Å². The van der Waals surface area contributed by atoms with E-state index in [1.165, 1.54) is 12.5 Å².